The summed E-state index contributed by atoms with van der Waals surface area (Å²) in [6.07, 6.45) is 3.45. The van der Waals surface area contributed by atoms with E-state index in [0.29, 0.717) is 41.3 Å². The molecule has 1 fully saturated rings. The van der Waals surface area contributed by atoms with Crippen LogP contribution < -0.4 is 15.6 Å². The number of aromatic nitrogens is 1. The molecule has 164 valence electrons. The molecule has 0 spiro atoms. The fraction of sp³-hybridized carbons (Fsp3) is 0.565. The molecular formula is C23H32N2O5. The van der Waals surface area contributed by atoms with Crippen LogP contribution in [0.3, 0.4) is 0 Å². The van der Waals surface area contributed by atoms with Gasteiger partial charge in [0.2, 0.25) is 0 Å². The minimum atomic E-state index is -0.618. The van der Waals surface area contributed by atoms with Crippen LogP contribution >= 0.6 is 0 Å². The van der Waals surface area contributed by atoms with E-state index in [1.807, 2.05) is 0 Å². The maximum absolute atomic E-state index is 13.3. The zero-order valence-corrected chi connectivity index (χ0v) is 18.3. The van der Waals surface area contributed by atoms with Crippen molar-refractivity contribution >= 4 is 16.9 Å². The Labute approximate surface area is 177 Å². The maximum Gasteiger partial charge on any atom is 0.407 e. The molecule has 1 saturated carbocycles. The van der Waals surface area contributed by atoms with Crippen molar-refractivity contribution in [3.05, 3.63) is 34.2 Å². The Hall–Kier alpha value is -2.70. The van der Waals surface area contributed by atoms with Gasteiger partial charge in [0.15, 0.2) is 0 Å². The summed E-state index contributed by atoms with van der Waals surface area (Å²) < 4.78 is 13.2. The van der Waals surface area contributed by atoms with Crippen molar-refractivity contribution in [2.24, 2.45) is 5.92 Å². The predicted octanol–water partition coefficient (Wildman–Crippen LogP) is 4.32. The predicted molar refractivity (Wildman–Crippen MR) is 116 cm³/mol. The lowest BCUT2D eigenvalue weighted by Crippen LogP contribution is -2.35. The van der Waals surface area contributed by atoms with Crippen LogP contribution in [0.4, 0.5) is 4.79 Å². The Morgan fingerprint density at radius 2 is 2.00 bits per heavy atom. The number of amides is 1. The molecular weight excluding hydrogens is 384 g/mol. The summed E-state index contributed by atoms with van der Waals surface area (Å²) >= 11 is 0. The van der Waals surface area contributed by atoms with E-state index >= 15 is 0 Å². The molecule has 0 unspecified atom stereocenters. The Kier molecular flexibility index (Phi) is 6.58. The van der Waals surface area contributed by atoms with Gasteiger partial charge in [-0.3, -0.25) is 4.79 Å². The van der Waals surface area contributed by atoms with Crippen LogP contribution in [0.15, 0.2) is 23.0 Å². The van der Waals surface area contributed by atoms with E-state index in [1.165, 1.54) is 6.07 Å². The highest BCUT2D eigenvalue weighted by molar-refractivity contribution is 5.89. The number of rotatable bonds is 8. The molecule has 30 heavy (non-hydrogen) atoms. The molecule has 2 aromatic rings. The molecule has 0 atom stereocenters. The Morgan fingerprint density at radius 3 is 2.63 bits per heavy atom. The minimum absolute atomic E-state index is 0.0632. The van der Waals surface area contributed by atoms with Gasteiger partial charge in [-0.25, -0.2) is 4.79 Å². The molecule has 0 bridgehead atoms. The largest absolute Gasteiger partial charge is 0.508 e. The standard InChI is InChI=1S/C23H32N2O5/c1-5-6-11-29-20-18-12-16(26)9-10-17(18)21(27)25(14-15-7-8-15)19(20)13-24-22(28)30-23(2,3)4/h9-10,12,15,26H,5-8,11,13-14H2,1-4H3,(H,24,28). The van der Waals surface area contributed by atoms with Crippen molar-refractivity contribution in [3.8, 4) is 11.5 Å². The van der Waals surface area contributed by atoms with Gasteiger partial charge in [0, 0.05) is 11.9 Å². The molecule has 0 aliphatic heterocycles. The van der Waals surface area contributed by atoms with Crippen molar-refractivity contribution < 1.29 is 19.4 Å². The van der Waals surface area contributed by atoms with Crippen LogP contribution in [0.1, 0.15) is 59.1 Å². The number of alkyl carbamates (subject to hydrolysis) is 1. The summed E-state index contributed by atoms with van der Waals surface area (Å²) in [5.41, 5.74) is -0.152. The van der Waals surface area contributed by atoms with Gasteiger partial charge in [0.1, 0.15) is 17.1 Å². The summed E-state index contributed by atoms with van der Waals surface area (Å²) in [6, 6.07) is 4.70. The molecule has 1 heterocycles. The molecule has 2 N–H and O–H groups in total. The van der Waals surface area contributed by atoms with Crippen LogP contribution in [0, 0.1) is 5.92 Å². The fourth-order valence-electron chi connectivity index (χ4n) is 3.33. The number of nitrogens with zero attached hydrogens (tertiary/aromatic N) is 1. The first-order chi connectivity index (χ1) is 14.2. The molecule has 0 saturated heterocycles. The van der Waals surface area contributed by atoms with Crippen molar-refractivity contribution in [3.63, 3.8) is 0 Å². The molecule has 1 aromatic heterocycles. The molecule has 1 aliphatic rings. The van der Waals surface area contributed by atoms with Gasteiger partial charge in [-0.05, 0) is 64.2 Å². The van der Waals surface area contributed by atoms with Crippen LogP contribution in [-0.4, -0.2) is 28.0 Å². The number of phenolic OH excluding ortho intramolecular Hbond substituents is 1. The third kappa shape index (κ3) is 5.46. The molecule has 1 amide bonds. The molecule has 3 rings (SSSR count). The van der Waals surface area contributed by atoms with Crippen LogP contribution in [-0.2, 0) is 17.8 Å². The maximum atomic E-state index is 13.3. The van der Waals surface area contributed by atoms with Crippen molar-refractivity contribution in [1.29, 1.82) is 0 Å². The number of benzene rings is 1. The lowest BCUT2D eigenvalue weighted by Gasteiger charge is -2.22. The van der Waals surface area contributed by atoms with Gasteiger partial charge >= 0.3 is 6.09 Å². The van der Waals surface area contributed by atoms with Gasteiger partial charge in [0.25, 0.3) is 5.56 Å². The number of fused-ring (bicyclic) bond motifs is 1. The highest BCUT2D eigenvalue weighted by Crippen LogP contribution is 2.35. The summed E-state index contributed by atoms with van der Waals surface area (Å²) in [5, 5.41) is 13.8. The zero-order valence-electron chi connectivity index (χ0n) is 18.3. The highest BCUT2D eigenvalue weighted by Gasteiger charge is 2.27. The number of aromatic hydroxyl groups is 1. The van der Waals surface area contributed by atoms with E-state index in [2.05, 4.69) is 12.2 Å². The number of pyridine rings is 1. The number of nitrogens with one attached hydrogen (secondary N) is 1. The van der Waals surface area contributed by atoms with Crippen LogP contribution in [0.2, 0.25) is 0 Å². The number of ether oxygens (including phenoxy) is 2. The normalized spacial score (nSPS) is 14.0. The zero-order chi connectivity index (χ0) is 21.9. The van der Waals surface area contributed by atoms with Gasteiger partial charge in [-0.2, -0.15) is 0 Å². The van der Waals surface area contributed by atoms with Gasteiger partial charge in [-0.15, -0.1) is 0 Å². The summed E-state index contributed by atoms with van der Waals surface area (Å²) in [5.74, 6) is 1.06. The summed E-state index contributed by atoms with van der Waals surface area (Å²) in [7, 11) is 0. The van der Waals surface area contributed by atoms with Crippen LogP contribution in [0.25, 0.3) is 10.8 Å². The van der Waals surface area contributed by atoms with E-state index in [0.717, 1.165) is 25.7 Å². The van der Waals surface area contributed by atoms with Crippen molar-refractivity contribution in [2.75, 3.05) is 6.61 Å². The average molecular weight is 417 g/mol. The van der Waals surface area contributed by atoms with E-state index in [4.69, 9.17) is 9.47 Å². The average Bonchev–Trinajstić information content (AvgIpc) is 3.47. The number of phenols is 1. The quantitative estimate of drug-likeness (QED) is 0.626. The highest BCUT2D eigenvalue weighted by atomic mass is 16.6. The first kappa shape index (κ1) is 22.0. The summed E-state index contributed by atoms with van der Waals surface area (Å²) in [6.45, 7) is 8.65. The van der Waals surface area contributed by atoms with Crippen LogP contribution in [0.5, 0.6) is 11.5 Å². The van der Waals surface area contributed by atoms with Crippen molar-refractivity contribution in [2.45, 2.75) is 72.1 Å². The number of hydrogen-bond donors (Lipinski definition) is 2. The Balaban J connectivity index is 2.05. The number of carbonyl (C=O) groups is 1. The molecule has 0 radical (unpaired) electrons. The third-order valence-electron chi connectivity index (χ3n) is 4.99. The minimum Gasteiger partial charge on any atom is -0.508 e. The molecule has 7 nitrogen and oxygen atoms in total. The molecule has 1 aliphatic carbocycles. The number of carbonyl (C=O) groups excluding carboxylic acids is 1. The molecule has 7 heteroatoms. The lowest BCUT2D eigenvalue weighted by molar-refractivity contribution is 0.0522. The van der Waals surface area contributed by atoms with Gasteiger partial charge in [0.05, 0.1) is 24.2 Å². The topological polar surface area (TPSA) is 89.8 Å². The second kappa shape index (κ2) is 8.98. The lowest BCUT2D eigenvalue weighted by atomic mass is 10.1. The first-order valence-corrected chi connectivity index (χ1v) is 10.7. The Bertz CT molecular complexity index is 970. The van der Waals surface area contributed by atoms with E-state index in [9.17, 15) is 14.7 Å². The van der Waals surface area contributed by atoms with E-state index < -0.39 is 11.7 Å². The van der Waals surface area contributed by atoms with E-state index in [-0.39, 0.29) is 17.9 Å². The number of hydrogen-bond acceptors (Lipinski definition) is 5. The van der Waals surface area contributed by atoms with Crippen molar-refractivity contribution in [1.82, 2.24) is 9.88 Å². The second-order valence-electron chi connectivity index (χ2n) is 8.92. The smallest absolute Gasteiger partial charge is 0.407 e. The Morgan fingerprint density at radius 1 is 1.27 bits per heavy atom. The third-order valence-corrected chi connectivity index (χ3v) is 4.99. The van der Waals surface area contributed by atoms with Gasteiger partial charge in [-0.1, -0.05) is 13.3 Å². The molecule has 1 aromatic carbocycles. The SMILES string of the molecule is CCCCOc1c(CNC(=O)OC(C)(C)C)n(CC2CC2)c(=O)c2ccc(O)cc12. The fourth-order valence-corrected chi connectivity index (χ4v) is 3.33. The van der Waals surface area contributed by atoms with Gasteiger partial charge < -0.3 is 24.5 Å². The summed E-state index contributed by atoms with van der Waals surface area (Å²) in [4.78, 5) is 25.5. The second-order valence-corrected chi connectivity index (χ2v) is 8.92. The number of unbranched alkanes of at least 4 members (excludes halogenated alkanes) is 1. The monoisotopic (exact) mass is 416 g/mol. The first-order valence-electron chi connectivity index (χ1n) is 10.7. The van der Waals surface area contributed by atoms with E-state index in [1.54, 1.807) is 37.5 Å².